The maximum absolute atomic E-state index is 12.4. The van der Waals surface area contributed by atoms with Gasteiger partial charge in [0.05, 0.1) is 16.9 Å². The largest absolute Gasteiger partial charge is 0.397 e. The Morgan fingerprint density at radius 2 is 2.10 bits per heavy atom. The van der Waals surface area contributed by atoms with Gasteiger partial charge in [0.15, 0.2) is 0 Å². The minimum absolute atomic E-state index is 0.335. The van der Waals surface area contributed by atoms with Gasteiger partial charge in [0.2, 0.25) is 0 Å². The molecule has 2 heterocycles. The summed E-state index contributed by atoms with van der Waals surface area (Å²) in [6, 6.07) is 12.5. The van der Waals surface area contributed by atoms with E-state index in [9.17, 15) is 4.79 Å². The minimum atomic E-state index is -0.335. The quantitative estimate of drug-likeness (QED) is 0.760. The first kappa shape index (κ1) is 13.1. The van der Waals surface area contributed by atoms with Crippen LogP contribution in [0.3, 0.4) is 0 Å². The molecule has 1 amide bonds. The van der Waals surface area contributed by atoms with Crippen LogP contribution in [0, 0.1) is 11.3 Å². The fourth-order valence-corrected chi connectivity index (χ4v) is 2.95. The summed E-state index contributed by atoms with van der Waals surface area (Å²) in [4.78, 5) is 17.7. The third-order valence-electron chi connectivity index (χ3n) is 3.01. The lowest BCUT2D eigenvalue weighted by Crippen LogP contribution is -2.12. The second kappa shape index (κ2) is 5.23. The highest BCUT2D eigenvalue weighted by atomic mass is 32.1. The van der Waals surface area contributed by atoms with E-state index in [2.05, 4.69) is 10.3 Å². The predicted octanol–water partition coefficient (Wildman–Crippen LogP) is 3.00. The van der Waals surface area contributed by atoms with Crippen molar-refractivity contribution in [1.29, 1.82) is 5.26 Å². The number of rotatable bonds is 2. The van der Waals surface area contributed by atoms with Gasteiger partial charge in [-0.05, 0) is 24.3 Å². The molecule has 3 aromatic rings. The molecule has 2 aromatic heterocycles. The summed E-state index contributed by atoms with van der Waals surface area (Å²) in [5.41, 5.74) is 7.29. The van der Waals surface area contributed by atoms with Gasteiger partial charge in [0.25, 0.3) is 5.91 Å². The Hall–Kier alpha value is -2.91. The van der Waals surface area contributed by atoms with Crippen LogP contribution in [0.4, 0.5) is 11.4 Å². The molecule has 5 nitrogen and oxygen atoms in total. The van der Waals surface area contributed by atoms with Gasteiger partial charge in [0.1, 0.15) is 15.8 Å². The van der Waals surface area contributed by atoms with Gasteiger partial charge >= 0.3 is 0 Å². The highest BCUT2D eigenvalue weighted by Gasteiger charge is 2.17. The lowest BCUT2D eigenvalue weighted by atomic mass is 10.2. The van der Waals surface area contributed by atoms with E-state index >= 15 is 0 Å². The zero-order valence-corrected chi connectivity index (χ0v) is 11.6. The van der Waals surface area contributed by atoms with Crippen LogP contribution in [-0.4, -0.2) is 10.9 Å². The second-order valence-corrected chi connectivity index (χ2v) is 5.31. The number of aromatic nitrogens is 1. The molecule has 0 aliphatic rings. The fraction of sp³-hybridized carbons (Fsp3) is 0. The number of carbonyl (C=O) groups excluding carboxylic acids is 1. The summed E-state index contributed by atoms with van der Waals surface area (Å²) < 4.78 is 0. The van der Waals surface area contributed by atoms with Crippen LogP contribution in [0.2, 0.25) is 0 Å². The lowest BCUT2D eigenvalue weighted by Gasteiger charge is -2.05. The maximum Gasteiger partial charge on any atom is 0.267 e. The molecule has 21 heavy (non-hydrogen) atoms. The molecule has 0 fully saturated rings. The number of nitriles is 1. The summed E-state index contributed by atoms with van der Waals surface area (Å²) in [7, 11) is 0. The molecule has 1 aromatic carbocycles. The molecule has 3 N–H and O–H groups in total. The van der Waals surface area contributed by atoms with Crippen molar-refractivity contribution in [2.24, 2.45) is 0 Å². The number of benzene rings is 1. The number of carbonyl (C=O) groups is 1. The number of nitrogens with two attached hydrogens (primary N) is 1. The van der Waals surface area contributed by atoms with Crippen LogP contribution in [0.1, 0.15) is 15.2 Å². The van der Waals surface area contributed by atoms with E-state index < -0.39 is 0 Å². The molecule has 0 aliphatic carbocycles. The zero-order valence-electron chi connectivity index (χ0n) is 10.8. The van der Waals surface area contributed by atoms with Crippen LogP contribution in [0.15, 0.2) is 42.6 Å². The van der Waals surface area contributed by atoms with Crippen molar-refractivity contribution in [1.82, 2.24) is 4.98 Å². The van der Waals surface area contributed by atoms with Crippen LogP contribution in [-0.2, 0) is 0 Å². The first-order chi connectivity index (χ1) is 10.2. The Morgan fingerprint density at radius 3 is 2.86 bits per heavy atom. The van der Waals surface area contributed by atoms with Gasteiger partial charge in [-0.3, -0.25) is 4.79 Å². The fourth-order valence-electron chi connectivity index (χ4n) is 1.99. The number of nitrogen functional groups attached to an aromatic ring is 1. The normalized spacial score (nSPS) is 10.2. The number of nitrogens with zero attached hydrogens (tertiary/aromatic N) is 2. The van der Waals surface area contributed by atoms with E-state index in [4.69, 9.17) is 11.0 Å². The van der Waals surface area contributed by atoms with Crippen molar-refractivity contribution in [3.05, 3.63) is 53.0 Å². The zero-order chi connectivity index (χ0) is 14.8. The van der Waals surface area contributed by atoms with Gasteiger partial charge in [-0.1, -0.05) is 12.1 Å². The van der Waals surface area contributed by atoms with Crippen molar-refractivity contribution in [2.75, 3.05) is 11.1 Å². The van der Waals surface area contributed by atoms with E-state index in [-0.39, 0.29) is 5.91 Å². The summed E-state index contributed by atoms with van der Waals surface area (Å²) in [5.74, 6) is -0.335. The third-order valence-corrected chi connectivity index (χ3v) is 4.13. The first-order valence-corrected chi connectivity index (χ1v) is 6.96. The van der Waals surface area contributed by atoms with Gasteiger partial charge < -0.3 is 11.1 Å². The van der Waals surface area contributed by atoms with Crippen LogP contribution in [0.5, 0.6) is 0 Å². The van der Waals surface area contributed by atoms with E-state index in [0.29, 0.717) is 26.6 Å². The molecular formula is C15H10N4OS. The molecule has 0 saturated heterocycles. The molecule has 0 atom stereocenters. The number of pyridine rings is 1. The number of hydrogen-bond acceptors (Lipinski definition) is 5. The summed E-state index contributed by atoms with van der Waals surface area (Å²) in [5, 5.41) is 12.5. The maximum atomic E-state index is 12.4. The van der Waals surface area contributed by atoms with Crippen molar-refractivity contribution < 1.29 is 4.79 Å². The Balaban J connectivity index is 1.98. The van der Waals surface area contributed by atoms with E-state index in [0.717, 1.165) is 5.39 Å². The number of fused-ring (bicyclic) bond motifs is 1. The Bertz CT molecular complexity index is 879. The molecule has 0 bridgehead atoms. The summed E-state index contributed by atoms with van der Waals surface area (Å²) >= 11 is 1.23. The molecule has 0 unspecified atom stereocenters. The number of anilines is 2. The molecule has 6 heteroatoms. The number of para-hydroxylation sites is 1. The Kier molecular flexibility index (Phi) is 3.26. The first-order valence-electron chi connectivity index (χ1n) is 6.14. The molecule has 0 radical (unpaired) electrons. The number of hydrogen-bond donors (Lipinski definition) is 2. The van der Waals surface area contributed by atoms with E-state index in [1.807, 2.05) is 12.1 Å². The number of thiophene rings is 1. The number of nitrogens with one attached hydrogen (secondary N) is 1. The van der Waals surface area contributed by atoms with E-state index in [1.165, 1.54) is 11.3 Å². The Morgan fingerprint density at radius 1 is 1.29 bits per heavy atom. The van der Waals surface area contributed by atoms with E-state index in [1.54, 1.807) is 36.5 Å². The summed E-state index contributed by atoms with van der Waals surface area (Å²) in [6.45, 7) is 0. The van der Waals surface area contributed by atoms with Gasteiger partial charge in [0, 0.05) is 11.6 Å². The predicted molar refractivity (Wildman–Crippen MR) is 83.1 cm³/mol. The van der Waals surface area contributed by atoms with Crippen molar-refractivity contribution in [2.45, 2.75) is 0 Å². The van der Waals surface area contributed by atoms with Crippen LogP contribution < -0.4 is 11.1 Å². The van der Waals surface area contributed by atoms with Gasteiger partial charge in [-0.2, -0.15) is 5.26 Å². The summed E-state index contributed by atoms with van der Waals surface area (Å²) in [6.07, 6.45) is 1.66. The average molecular weight is 294 g/mol. The number of amides is 1. The third kappa shape index (κ3) is 2.30. The molecular weight excluding hydrogens is 284 g/mol. The van der Waals surface area contributed by atoms with Crippen molar-refractivity contribution in [3.8, 4) is 6.07 Å². The Labute approximate surface area is 124 Å². The molecule has 0 aliphatic heterocycles. The van der Waals surface area contributed by atoms with Crippen molar-refractivity contribution in [3.63, 3.8) is 0 Å². The van der Waals surface area contributed by atoms with Crippen LogP contribution >= 0.6 is 11.3 Å². The molecule has 3 rings (SSSR count). The molecule has 0 saturated carbocycles. The highest BCUT2D eigenvalue weighted by Crippen LogP contribution is 2.32. The van der Waals surface area contributed by atoms with Gasteiger partial charge in [-0.25, -0.2) is 4.98 Å². The topological polar surface area (TPSA) is 91.8 Å². The molecule has 0 spiro atoms. The minimum Gasteiger partial charge on any atom is -0.397 e. The van der Waals surface area contributed by atoms with Gasteiger partial charge in [-0.15, -0.1) is 11.3 Å². The van der Waals surface area contributed by atoms with Crippen molar-refractivity contribution >= 4 is 38.8 Å². The standard InChI is InChI=1S/C15H10N4OS/c16-8-9-4-1-2-6-11(9)19-14(20)13-12(17)10-5-3-7-18-15(10)21-13/h1-7H,17H2,(H,19,20). The SMILES string of the molecule is N#Cc1ccccc1NC(=O)c1sc2ncccc2c1N. The lowest BCUT2D eigenvalue weighted by molar-refractivity contribution is 0.103. The monoisotopic (exact) mass is 294 g/mol. The second-order valence-electron chi connectivity index (χ2n) is 4.31. The average Bonchev–Trinajstić information content (AvgIpc) is 2.85. The van der Waals surface area contributed by atoms with Crippen LogP contribution in [0.25, 0.3) is 10.2 Å². The molecule has 102 valence electrons. The highest BCUT2D eigenvalue weighted by molar-refractivity contribution is 7.21. The smallest absolute Gasteiger partial charge is 0.267 e.